The first-order valence-corrected chi connectivity index (χ1v) is 3.06. The van der Waals surface area contributed by atoms with Crippen molar-refractivity contribution in [2.75, 3.05) is 0 Å². The topological polar surface area (TPSA) is 12.4 Å². The minimum Gasteiger partial charge on any atom is -0.245 e. The highest BCUT2D eigenvalue weighted by Crippen LogP contribution is 2.00. The maximum atomic E-state index is 5.53. The fraction of sp³-hybridized carbons (Fsp3) is 0.286. The van der Waals surface area contributed by atoms with Crippen molar-refractivity contribution in [3.63, 3.8) is 0 Å². The van der Waals surface area contributed by atoms with E-state index in [-0.39, 0.29) is 0 Å². The number of halogens is 1. The summed E-state index contributed by atoms with van der Waals surface area (Å²) in [5, 5.41) is 0.498. The molecule has 0 unspecified atom stereocenters. The lowest BCUT2D eigenvalue weighted by molar-refractivity contribution is 1.47. The zero-order valence-electron chi connectivity index (χ0n) is 5.69. The largest absolute Gasteiger partial charge is 0.245 e. The number of aliphatic imine (C=N–C) groups is 1. The summed E-state index contributed by atoms with van der Waals surface area (Å²) in [6.07, 6.45) is 3.35. The molecule has 0 aromatic rings. The second-order valence-corrected chi connectivity index (χ2v) is 2.10. The SMILES string of the molecule is C=C(C)/C=N\C(Cl)=C/C. The molecule has 0 aromatic carbocycles. The molecule has 0 heterocycles. The van der Waals surface area contributed by atoms with Crippen molar-refractivity contribution in [3.8, 4) is 0 Å². The average molecular weight is 144 g/mol. The van der Waals surface area contributed by atoms with Crippen LogP contribution < -0.4 is 0 Å². The van der Waals surface area contributed by atoms with Crippen molar-refractivity contribution in [2.24, 2.45) is 4.99 Å². The van der Waals surface area contributed by atoms with Gasteiger partial charge in [-0.15, -0.1) is 0 Å². The number of rotatable bonds is 2. The van der Waals surface area contributed by atoms with Crippen LogP contribution in [-0.2, 0) is 0 Å². The summed E-state index contributed by atoms with van der Waals surface area (Å²) in [5.41, 5.74) is 0.898. The number of hydrogen-bond donors (Lipinski definition) is 0. The molecule has 0 bridgehead atoms. The van der Waals surface area contributed by atoms with Crippen LogP contribution in [0.2, 0.25) is 0 Å². The number of hydrogen-bond acceptors (Lipinski definition) is 1. The van der Waals surface area contributed by atoms with Crippen molar-refractivity contribution in [1.82, 2.24) is 0 Å². The average Bonchev–Trinajstić information content (AvgIpc) is 1.83. The molecule has 9 heavy (non-hydrogen) atoms. The third-order valence-corrected chi connectivity index (χ3v) is 0.962. The maximum absolute atomic E-state index is 5.53. The van der Waals surface area contributed by atoms with Gasteiger partial charge in [-0.2, -0.15) is 0 Å². The fourth-order valence-corrected chi connectivity index (χ4v) is 0.295. The van der Waals surface area contributed by atoms with Gasteiger partial charge in [0.2, 0.25) is 0 Å². The van der Waals surface area contributed by atoms with E-state index in [1.807, 2.05) is 13.8 Å². The smallest absolute Gasteiger partial charge is 0.124 e. The summed E-state index contributed by atoms with van der Waals surface area (Å²) in [7, 11) is 0. The Bertz CT molecular complexity index is 156. The minimum atomic E-state index is 0.498. The molecule has 0 aliphatic rings. The van der Waals surface area contributed by atoms with E-state index >= 15 is 0 Å². The highest BCUT2D eigenvalue weighted by molar-refractivity contribution is 6.29. The molecule has 1 nitrogen and oxygen atoms in total. The lowest BCUT2D eigenvalue weighted by Gasteiger charge is -1.84. The van der Waals surface area contributed by atoms with Crippen molar-refractivity contribution >= 4 is 17.8 Å². The molecule has 0 aliphatic carbocycles. The molecule has 0 atom stereocenters. The number of nitrogens with zero attached hydrogens (tertiary/aromatic N) is 1. The van der Waals surface area contributed by atoms with Gasteiger partial charge in [-0.1, -0.05) is 24.3 Å². The lowest BCUT2D eigenvalue weighted by atomic mass is 10.4. The van der Waals surface area contributed by atoms with E-state index < -0.39 is 0 Å². The van der Waals surface area contributed by atoms with Gasteiger partial charge < -0.3 is 0 Å². The van der Waals surface area contributed by atoms with E-state index in [0.717, 1.165) is 5.57 Å². The van der Waals surface area contributed by atoms with Crippen LogP contribution in [0.3, 0.4) is 0 Å². The van der Waals surface area contributed by atoms with Crippen LogP contribution in [0.25, 0.3) is 0 Å². The minimum absolute atomic E-state index is 0.498. The van der Waals surface area contributed by atoms with E-state index in [2.05, 4.69) is 11.6 Å². The van der Waals surface area contributed by atoms with Crippen molar-refractivity contribution in [3.05, 3.63) is 23.4 Å². The van der Waals surface area contributed by atoms with Gasteiger partial charge in [-0.25, -0.2) is 4.99 Å². The van der Waals surface area contributed by atoms with Gasteiger partial charge in [-0.3, -0.25) is 0 Å². The van der Waals surface area contributed by atoms with E-state index in [9.17, 15) is 0 Å². The van der Waals surface area contributed by atoms with Crippen LogP contribution in [0.15, 0.2) is 28.4 Å². The Morgan fingerprint density at radius 1 is 1.67 bits per heavy atom. The molecule has 50 valence electrons. The summed E-state index contributed by atoms with van der Waals surface area (Å²) in [6.45, 7) is 7.32. The van der Waals surface area contributed by atoms with Crippen molar-refractivity contribution in [1.29, 1.82) is 0 Å². The van der Waals surface area contributed by atoms with Crippen LogP contribution >= 0.6 is 11.6 Å². The van der Waals surface area contributed by atoms with Gasteiger partial charge in [0.05, 0.1) is 0 Å². The van der Waals surface area contributed by atoms with Gasteiger partial charge in [0, 0.05) is 6.21 Å². The molecule has 0 aromatic heterocycles. The molecule has 0 N–H and O–H groups in total. The summed E-state index contributed by atoms with van der Waals surface area (Å²) < 4.78 is 0. The molecule has 0 rings (SSSR count). The summed E-state index contributed by atoms with van der Waals surface area (Å²) in [5.74, 6) is 0. The van der Waals surface area contributed by atoms with Gasteiger partial charge in [0.15, 0.2) is 0 Å². The number of allylic oxidation sites excluding steroid dienone is 2. The molecule has 0 amide bonds. The lowest BCUT2D eigenvalue weighted by Crippen LogP contribution is -1.72. The third-order valence-electron chi connectivity index (χ3n) is 0.646. The predicted molar refractivity (Wildman–Crippen MR) is 42.9 cm³/mol. The van der Waals surface area contributed by atoms with Crippen LogP contribution in [0.5, 0.6) is 0 Å². The van der Waals surface area contributed by atoms with Gasteiger partial charge >= 0.3 is 0 Å². The Balaban J connectivity index is 3.86. The first-order chi connectivity index (χ1) is 4.16. The maximum Gasteiger partial charge on any atom is 0.124 e. The highest BCUT2D eigenvalue weighted by Gasteiger charge is 1.79. The van der Waals surface area contributed by atoms with Gasteiger partial charge in [-0.05, 0) is 19.4 Å². The quantitative estimate of drug-likeness (QED) is 0.417. The molecule has 0 aliphatic heterocycles. The Kier molecular flexibility index (Phi) is 4.06. The monoisotopic (exact) mass is 143 g/mol. The van der Waals surface area contributed by atoms with E-state index in [1.54, 1.807) is 12.3 Å². The Labute approximate surface area is 60.7 Å². The van der Waals surface area contributed by atoms with E-state index in [1.165, 1.54) is 0 Å². The summed E-state index contributed by atoms with van der Waals surface area (Å²) >= 11 is 5.53. The molecular formula is C7H10ClN. The molecule has 0 fully saturated rings. The second-order valence-electron chi connectivity index (χ2n) is 1.72. The van der Waals surface area contributed by atoms with Crippen LogP contribution in [0, 0.1) is 0 Å². The zero-order chi connectivity index (χ0) is 7.28. The normalized spacial score (nSPS) is 12.6. The summed E-state index contributed by atoms with van der Waals surface area (Å²) in [4.78, 5) is 3.84. The Morgan fingerprint density at radius 3 is 2.56 bits per heavy atom. The van der Waals surface area contributed by atoms with Crippen molar-refractivity contribution in [2.45, 2.75) is 13.8 Å². The Morgan fingerprint density at radius 2 is 2.22 bits per heavy atom. The van der Waals surface area contributed by atoms with Crippen LogP contribution in [-0.4, -0.2) is 6.21 Å². The third kappa shape index (κ3) is 5.31. The second kappa shape index (κ2) is 4.33. The van der Waals surface area contributed by atoms with Gasteiger partial charge in [0.1, 0.15) is 5.16 Å². The first kappa shape index (κ1) is 8.44. The highest BCUT2D eigenvalue weighted by atomic mass is 35.5. The van der Waals surface area contributed by atoms with Gasteiger partial charge in [0.25, 0.3) is 0 Å². The summed E-state index contributed by atoms with van der Waals surface area (Å²) in [6, 6.07) is 0. The molecule has 2 heteroatoms. The Hall–Kier alpha value is -0.560. The molecule has 0 saturated heterocycles. The van der Waals surface area contributed by atoms with E-state index in [4.69, 9.17) is 11.6 Å². The molecular weight excluding hydrogens is 134 g/mol. The van der Waals surface area contributed by atoms with Crippen LogP contribution in [0.1, 0.15) is 13.8 Å². The molecule has 0 saturated carbocycles. The molecule has 0 radical (unpaired) electrons. The van der Waals surface area contributed by atoms with Crippen molar-refractivity contribution < 1.29 is 0 Å². The van der Waals surface area contributed by atoms with Crippen LogP contribution in [0.4, 0.5) is 0 Å². The predicted octanol–water partition coefficient (Wildman–Crippen LogP) is 2.73. The standard InChI is InChI=1S/C7H10ClN/c1-4-7(8)9-5-6(2)3/h4-5H,2H2,1,3H3/b7-4-,9-5-. The fourth-order valence-electron chi connectivity index (χ4n) is 0.246. The van der Waals surface area contributed by atoms with E-state index in [0.29, 0.717) is 5.16 Å². The first-order valence-electron chi connectivity index (χ1n) is 2.68. The molecule has 0 spiro atoms. The zero-order valence-corrected chi connectivity index (χ0v) is 6.44.